The molecule has 8 heteroatoms. The van der Waals surface area contributed by atoms with Crippen LogP contribution in [0.15, 0.2) is 41.5 Å². The predicted octanol–water partition coefficient (Wildman–Crippen LogP) is 4.18. The van der Waals surface area contributed by atoms with Gasteiger partial charge in [0.25, 0.3) is 0 Å². The Kier molecular flexibility index (Phi) is 5.74. The third-order valence-corrected chi connectivity index (χ3v) is 3.36. The van der Waals surface area contributed by atoms with E-state index in [1.54, 1.807) is 12.1 Å². The molecular weight excluding hydrogens is 337 g/mol. The summed E-state index contributed by atoms with van der Waals surface area (Å²) in [6, 6.07) is 8.31. The third-order valence-electron chi connectivity index (χ3n) is 3.36. The highest BCUT2D eigenvalue weighted by atomic mass is 19.4. The number of anilines is 1. The van der Waals surface area contributed by atoms with Crippen molar-refractivity contribution in [2.45, 2.75) is 6.18 Å². The Bertz CT molecular complexity index is 736. The number of nitrogens with one attached hydrogen (secondary N) is 1. The fourth-order valence-corrected chi connectivity index (χ4v) is 2.15. The predicted molar refractivity (Wildman–Crippen MR) is 88.8 cm³/mol. The Labute approximate surface area is 143 Å². The van der Waals surface area contributed by atoms with Crippen LogP contribution >= 0.6 is 0 Å². The first-order chi connectivity index (χ1) is 11.9. The van der Waals surface area contributed by atoms with E-state index in [0.717, 1.165) is 6.07 Å². The van der Waals surface area contributed by atoms with E-state index in [2.05, 4.69) is 10.5 Å². The largest absolute Gasteiger partial charge is 0.496 e. The van der Waals surface area contributed by atoms with Gasteiger partial charge in [-0.25, -0.2) is 0 Å². The van der Waals surface area contributed by atoms with Crippen molar-refractivity contribution in [2.75, 3.05) is 26.8 Å². The highest BCUT2D eigenvalue weighted by Gasteiger charge is 2.33. The van der Waals surface area contributed by atoms with Crippen molar-refractivity contribution < 1.29 is 27.4 Å². The van der Waals surface area contributed by atoms with Crippen LogP contribution in [0.5, 0.6) is 17.2 Å². The van der Waals surface area contributed by atoms with Crippen molar-refractivity contribution in [1.82, 2.24) is 0 Å². The number of hydrazone groups is 1. The lowest BCUT2D eigenvalue weighted by Gasteiger charge is -2.13. The number of rotatable bonds is 6. The maximum absolute atomic E-state index is 13.0. The average Bonchev–Trinajstić information content (AvgIpc) is 2.61. The molecule has 0 bridgehead atoms. The summed E-state index contributed by atoms with van der Waals surface area (Å²) in [4.78, 5) is 0. The number of para-hydroxylation sites is 1. The van der Waals surface area contributed by atoms with Gasteiger partial charge in [0, 0.05) is 12.1 Å². The Hall–Kier alpha value is -2.90. The van der Waals surface area contributed by atoms with Crippen molar-refractivity contribution >= 4 is 11.9 Å². The van der Waals surface area contributed by atoms with Gasteiger partial charge < -0.3 is 14.2 Å². The summed E-state index contributed by atoms with van der Waals surface area (Å²) >= 11 is 0. The average molecular weight is 354 g/mol. The summed E-state index contributed by atoms with van der Waals surface area (Å²) in [5.41, 5.74) is 1.91. The Balaban J connectivity index is 2.32. The minimum absolute atomic E-state index is 0.155. The molecule has 0 spiro atoms. The first-order valence-electron chi connectivity index (χ1n) is 7.16. The second-order valence-electron chi connectivity index (χ2n) is 4.86. The lowest BCUT2D eigenvalue weighted by atomic mass is 10.1. The maximum atomic E-state index is 13.0. The zero-order valence-corrected chi connectivity index (χ0v) is 13.8. The zero-order chi connectivity index (χ0) is 18.4. The number of benzene rings is 2. The van der Waals surface area contributed by atoms with Crippen LogP contribution in [0.2, 0.25) is 0 Å². The molecule has 0 amide bonds. The van der Waals surface area contributed by atoms with Gasteiger partial charge in [-0.15, -0.1) is 0 Å². The lowest BCUT2D eigenvalue weighted by molar-refractivity contribution is -0.136. The van der Waals surface area contributed by atoms with Crippen LogP contribution in [0, 0.1) is 0 Å². The van der Waals surface area contributed by atoms with Gasteiger partial charge >= 0.3 is 6.18 Å². The van der Waals surface area contributed by atoms with E-state index in [9.17, 15) is 13.2 Å². The topological polar surface area (TPSA) is 52.1 Å². The first-order valence-corrected chi connectivity index (χ1v) is 7.16. The van der Waals surface area contributed by atoms with Crippen molar-refractivity contribution in [3.05, 3.63) is 47.5 Å². The molecule has 0 fully saturated rings. The smallest absolute Gasteiger partial charge is 0.418 e. The van der Waals surface area contributed by atoms with Gasteiger partial charge in [-0.05, 0) is 12.1 Å². The van der Waals surface area contributed by atoms with Crippen molar-refractivity contribution in [2.24, 2.45) is 5.10 Å². The summed E-state index contributed by atoms with van der Waals surface area (Å²) in [6.45, 7) is 0. The molecule has 2 aromatic carbocycles. The van der Waals surface area contributed by atoms with E-state index in [0.29, 0.717) is 22.8 Å². The number of ether oxygens (including phenoxy) is 3. The van der Waals surface area contributed by atoms with E-state index < -0.39 is 11.7 Å². The van der Waals surface area contributed by atoms with Gasteiger partial charge in [0.1, 0.15) is 17.2 Å². The number of hydrogen-bond donors (Lipinski definition) is 1. The third kappa shape index (κ3) is 4.34. The SMILES string of the molecule is COc1cc(OC)c(/C=N/Nc2ccccc2C(F)(F)F)c(OC)c1. The molecule has 0 saturated carbocycles. The van der Waals surface area contributed by atoms with Gasteiger partial charge in [-0.1, -0.05) is 12.1 Å². The molecule has 1 N–H and O–H groups in total. The second-order valence-corrected chi connectivity index (χ2v) is 4.86. The molecule has 5 nitrogen and oxygen atoms in total. The molecule has 0 aliphatic heterocycles. The van der Waals surface area contributed by atoms with Gasteiger partial charge in [-0.3, -0.25) is 5.43 Å². The van der Waals surface area contributed by atoms with Gasteiger partial charge in [-0.2, -0.15) is 18.3 Å². The fourth-order valence-electron chi connectivity index (χ4n) is 2.15. The van der Waals surface area contributed by atoms with Crippen LogP contribution in [0.25, 0.3) is 0 Å². The van der Waals surface area contributed by atoms with Gasteiger partial charge in [0.05, 0.1) is 44.4 Å². The number of hydrogen-bond acceptors (Lipinski definition) is 5. The number of methoxy groups -OCH3 is 3. The molecule has 0 aliphatic rings. The van der Waals surface area contributed by atoms with Crippen LogP contribution in [0.4, 0.5) is 18.9 Å². The maximum Gasteiger partial charge on any atom is 0.418 e. The van der Waals surface area contributed by atoms with Crippen molar-refractivity contribution in [3.8, 4) is 17.2 Å². The summed E-state index contributed by atoms with van der Waals surface area (Å²) in [5.74, 6) is 1.33. The number of halogens is 3. The first kappa shape index (κ1) is 18.4. The molecule has 2 rings (SSSR count). The molecular formula is C17H17F3N2O3. The second kappa shape index (κ2) is 7.78. The van der Waals surface area contributed by atoms with E-state index in [-0.39, 0.29) is 5.69 Å². The fraction of sp³-hybridized carbons (Fsp3) is 0.235. The molecule has 25 heavy (non-hydrogen) atoms. The van der Waals surface area contributed by atoms with Crippen molar-refractivity contribution in [3.63, 3.8) is 0 Å². The quantitative estimate of drug-likeness (QED) is 0.625. The minimum atomic E-state index is -4.48. The van der Waals surface area contributed by atoms with Crippen LogP contribution in [-0.4, -0.2) is 27.5 Å². The van der Waals surface area contributed by atoms with E-state index in [1.165, 1.54) is 45.7 Å². The minimum Gasteiger partial charge on any atom is -0.496 e. The lowest BCUT2D eigenvalue weighted by Crippen LogP contribution is -2.08. The molecule has 0 radical (unpaired) electrons. The summed E-state index contributed by atoms with van der Waals surface area (Å²) in [7, 11) is 4.41. The Morgan fingerprint density at radius 3 is 2.08 bits per heavy atom. The molecule has 0 atom stereocenters. The monoisotopic (exact) mass is 354 g/mol. The van der Waals surface area contributed by atoms with Gasteiger partial charge in [0.2, 0.25) is 0 Å². The molecule has 0 heterocycles. The summed E-state index contributed by atoms with van der Waals surface area (Å²) in [5, 5.41) is 3.88. The number of alkyl halides is 3. The van der Waals surface area contributed by atoms with Crippen LogP contribution < -0.4 is 19.6 Å². The molecule has 0 aliphatic carbocycles. The van der Waals surface area contributed by atoms with E-state index in [1.807, 2.05) is 0 Å². The van der Waals surface area contributed by atoms with Crippen molar-refractivity contribution in [1.29, 1.82) is 0 Å². The van der Waals surface area contributed by atoms with E-state index >= 15 is 0 Å². The summed E-state index contributed by atoms with van der Waals surface area (Å²) < 4.78 is 54.6. The van der Waals surface area contributed by atoms with Gasteiger partial charge in [0.15, 0.2) is 0 Å². The normalized spacial score (nSPS) is 11.4. The Morgan fingerprint density at radius 2 is 1.56 bits per heavy atom. The van der Waals surface area contributed by atoms with E-state index in [4.69, 9.17) is 14.2 Å². The van der Waals surface area contributed by atoms with Crippen LogP contribution in [0.1, 0.15) is 11.1 Å². The number of nitrogens with zero attached hydrogens (tertiary/aromatic N) is 1. The molecule has 0 aromatic heterocycles. The molecule has 134 valence electrons. The zero-order valence-electron chi connectivity index (χ0n) is 13.8. The molecule has 2 aromatic rings. The highest BCUT2D eigenvalue weighted by molar-refractivity contribution is 5.88. The Morgan fingerprint density at radius 1 is 0.960 bits per heavy atom. The summed E-state index contributed by atoms with van der Waals surface area (Å²) in [6.07, 6.45) is -3.15. The van der Waals surface area contributed by atoms with Crippen LogP contribution in [0.3, 0.4) is 0 Å². The highest BCUT2D eigenvalue weighted by Crippen LogP contribution is 2.35. The van der Waals surface area contributed by atoms with Crippen LogP contribution in [-0.2, 0) is 6.18 Å². The molecule has 0 unspecified atom stereocenters. The standard InChI is InChI=1S/C17H17F3N2O3/c1-23-11-8-15(24-2)12(16(9-11)25-3)10-21-22-14-7-5-4-6-13(14)17(18,19)20/h4-10,22H,1-3H3/b21-10+. The molecule has 0 saturated heterocycles.